The van der Waals surface area contributed by atoms with Crippen LogP contribution in [0.4, 0.5) is 8.78 Å². The molecule has 2 aromatic rings. The van der Waals surface area contributed by atoms with E-state index in [2.05, 4.69) is 4.72 Å². The summed E-state index contributed by atoms with van der Waals surface area (Å²) in [6, 6.07) is 12.6. The van der Waals surface area contributed by atoms with Gasteiger partial charge in [-0.25, -0.2) is 21.9 Å². The van der Waals surface area contributed by atoms with Gasteiger partial charge in [0.1, 0.15) is 12.5 Å². The molecule has 0 aromatic heterocycles. The third-order valence-corrected chi connectivity index (χ3v) is 8.19. The van der Waals surface area contributed by atoms with Crippen LogP contribution < -0.4 is 4.72 Å². The zero-order valence-corrected chi connectivity index (χ0v) is 19.2. The second kappa shape index (κ2) is 9.12. The van der Waals surface area contributed by atoms with Gasteiger partial charge in [-0.3, -0.25) is 4.79 Å². The summed E-state index contributed by atoms with van der Waals surface area (Å²) in [5, 5.41) is 9.89. The average Bonchev–Trinajstić information content (AvgIpc) is 3.55. The Labute approximate surface area is 192 Å². The van der Waals surface area contributed by atoms with Crippen LogP contribution in [0.2, 0.25) is 0 Å². The van der Waals surface area contributed by atoms with Gasteiger partial charge in [0, 0.05) is 23.6 Å². The van der Waals surface area contributed by atoms with E-state index in [1.807, 2.05) is 18.2 Å². The van der Waals surface area contributed by atoms with Gasteiger partial charge < -0.3 is 10.0 Å². The standard InChI is InChI=1S/C24H28F2N2O4S/c1-2-33(31,32)27-22-19(28(15-24(22)11-12-24)23(30)20(29)14-25)13-17-9-6-10-18(21(17)26)16-7-4-3-5-8-16/h3-10,19-20,22,27,29H,2,11-15H2,1H3/t19-,20+,22+/m0/s1. The number of nitrogens with one attached hydrogen (secondary N) is 1. The number of nitrogens with zero attached hydrogens (tertiary/aromatic N) is 1. The highest BCUT2D eigenvalue weighted by Gasteiger charge is 2.61. The maximum atomic E-state index is 15.6. The minimum Gasteiger partial charge on any atom is -0.381 e. The number of amides is 1. The number of carbonyl (C=O) groups is 1. The zero-order valence-electron chi connectivity index (χ0n) is 18.4. The van der Waals surface area contributed by atoms with Crippen LogP contribution in [0.5, 0.6) is 0 Å². The fourth-order valence-electron chi connectivity index (χ4n) is 4.78. The summed E-state index contributed by atoms with van der Waals surface area (Å²) in [5.74, 6) is -1.38. The van der Waals surface area contributed by atoms with Crippen LogP contribution in [0.1, 0.15) is 25.3 Å². The summed E-state index contributed by atoms with van der Waals surface area (Å²) < 4.78 is 56.3. The van der Waals surface area contributed by atoms with Gasteiger partial charge in [0.25, 0.3) is 5.91 Å². The third kappa shape index (κ3) is 4.67. The summed E-state index contributed by atoms with van der Waals surface area (Å²) in [7, 11) is -3.61. The van der Waals surface area contributed by atoms with Crippen molar-refractivity contribution in [3.05, 3.63) is 59.9 Å². The van der Waals surface area contributed by atoms with E-state index >= 15 is 4.39 Å². The fraction of sp³-hybridized carbons (Fsp3) is 0.458. The van der Waals surface area contributed by atoms with Crippen LogP contribution in [0.25, 0.3) is 11.1 Å². The maximum Gasteiger partial charge on any atom is 0.254 e. The Morgan fingerprint density at radius 3 is 2.52 bits per heavy atom. The molecular formula is C24H28F2N2O4S. The number of likely N-dealkylation sites (tertiary alicyclic amines) is 1. The molecule has 9 heteroatoms. The van der Waals surface area contributed by atoms with E-state index in [0.29, 0.717) is 29.5 Å². The van der Waals surface area contributed by atoms with Gasteiger partial charge in [0.15, 0.2) is 6.10 Å². The molecule has 0 unspecified atom stereocenters. The van der Waals surface area contributed by atoms with Crippen molar-refractivity contribution in [1.29, 1.82) is 0 Å². The first-order valence-electron chi connectivity index (χ1n) is 11.1. The van der Waals surface area contributed by atoms with Crippen molar-refractivity contribution in [3.63, 3.8) is 0 Å². The molecular weight excluding hydrogens is 450 g/mol. The number of rotatable bonds is 8. The van der Waals surface area contributed by atoms with Crippen LogP contribution in [-0.4, -0.2) is 61.5 Å². The third-order valence-electron chi connectivity index (χ3n) is 6.82. The van der Waals surface area contributed by atoms with Crippen molar-refractivity contribution in [2.24, 2.45) is 5.41 Å². The van der Waals surface area contributed by atoms with Gasteiger partial charge in [-0.15, -0.1) is 0 Å². The van der Waals surface area contributed by atoms with Gasteiger partial charge in [-0.05, 0) is 37.3 Å². The number of carbonyl (C=O) groups excluding carboxylic acids is 1. The van der Waals surface area contributed by atoms with E-state index in [1.54, 1.807) is 30.3 Å². The topological polar surface area (TPSA) is 86.7 Å². The van der Waals surface area contributed by atoms with Gasteiger partial charge in [0.2, 0.25) is 10.0 Å². The molecule has 33 heavy (non-hydrogen) atoms. The monoisotopic (exact) mass is 478 g/mol. The first-order valence-corrected chi connectivity index (χ1v) is 12.7. The first-order chi connectivity index (χ1) is 15.7. The van der Waals surface area contributed by atoms with Crippen LogP contribution in [0, 0.1) is 11.2 Å². The number of hydrogen-bond donors (Lipinski definition) is 2. The highest BCUT2D eigenvalue weighted by Crippen LogP contribution is 2.55. The molecule has 2 aliphatic rings. The van der Waals surface area contributed by atoms with Crippen LogP contribution >= 0.6 is 0 Å². The molecule has 178 valence electrons. The number of halogens is 2. The highest BCUT2D eigenvalue weighted by molar-refractivity contribution is 7.89. The second-order valence-corrected chi connectivity index (χ2v) is 11.0. The quantitative estimate of drug-likeness (QED) is 0.611. The first kappa shape index (κ1) is 23.8. The summed E-state index contributed by atoms with van der Waals surface area (Å²) in [4.78, 5) is 14.2. The lowest BCUT2D eigenvalue weighted by Gasteiger charge is -2.30. The molecule has 1 saturated carbocycles. The van der Waals surface area contributed by atoms with E-state index < -0.39 is 52.0 Å². The number of sulfonamides is 1. The minimum atomic E-state index is -3.61. The maximum absolute atomic E-state index is 15.6. The van der Waals surface area contributed by atoms with Crippen LogP contribution in [0.3, 0.4) is 0 Å². The Morgan fingerprint density at radius 1 is 1.21 bits per heavy atom. The molecule has 1 saturated heterocycles. The van der Waals surface area contributed by atoms with Gasteiger partial charge >= 0.3 is 0 Å². The van der Waals surface area contributed by atoms with Crippen molar-refractivity contribution in [3.8, 4) is 11.1 Å². The lowest BCUT2D eigenvalue weighted by Crippen LogP contribution is -2.51. The Kier molecular flexibility index (Phi) is 6.57. The van der Waals surface area contributed by atoms with E-state index in [9.17, 15) is 22.7 Å². The zero-order chi connectivity index (χ0) is 23.8. The lowest BCUT2D eigenvalue weighted by atomic mass is 9.91. The SMILES string of the molecule is CCS(=O)(=O)N[C@@H]1[C@H](Cc2cccc(-c3ccccc3)c2F)N(C(=O)[C@H](O)CF)CC12CC2. The van der Waals surface area contributed by atoms with Crippen molar-refractivity contribution in [2.45, 2.75) is 44.4 Å². The van der Waals surface area contributed by atoms with Crippen molar-refractivity contribution in [1.82, 2.24) is 9.62 Å². The molecule has 0 radical (unpaired) electrons. The van der Waals surface area contributed by atoms with Crippen molar-refractivity contribution >= 4 is 15.9 Å². The largest absolute Gasteiger partial charge is 0.381 e. The number of aliphatic hydroxyl groups is 1. The number of aliphatic hydroxyl groups excluding tert-OH is 1. The molecule has 3 atom stereocenters. The number of hydrogen-bond acceptors (Lipinski definition) is 4. The molecule has 6 nitrogen and oxygen atoms in total. The van der Waals surface area contributed by atoms with Crippen molar-refractivity contribution < 1.29 is 27.1 Å². The van der Waals surface area contributed by atoms with Crippen LogP contribution in [-0.2, 0) is 21.2 Å². The lowest BCUT2D eigenvalue weighted by molar-refractivity contribution is -0.142. The Balaban J connectivity index is 1.72. The molecule has 2 N–H and O–H groups in total. The predicted molar refractivity (Wildman–Crippen MR) is 121 cm³/mol. The second-order valence-electron chi connectivity index (χ2n) is 8.91. The molecule has 1 spiro atoms. The number of benzene rings is 2. The van der Waals surface area contributed by atoms with E-state index in [-0.39, 0.29) is 18.7 Å². The van der Waals surface area contributed by atoms with E-state index in [4.69, 9.17) is 0 Å². The Bertz CT molecular complexity index is 1120. The van der Waals surface area contributed by atoms with Gasteiger partial charge in [0.05, 0.1) is 11.8 Å². The van der Waals surface area contributed by atoms with Gasteiger partial charge in [-0.1, -0.05) is 48.5 Å². The summed E-state index contributed by atoms with van der Waals surface area (Å²) in [6.07, 6.45) is -0.397. The number of alkyl halides is 1. The molecule has 2 fully saturated rings. The summed E-state index contributed by atoms with van der Waals surface area (Å²) in [6.45, 7) is 0.480. The molecule has 4 rings (SSSR count). The summed E-state index contributed by atoms with van der Waals surface area (Å²) in [5.41, 5.74) is 0.949. The molecule has 2 aromatic carbocycles. The molecule has 1 aliphatic heterocycles. The van der Waals surface area contributed by atoms with Crippen molar-refractivity contribution in [2.75, 3.05) is 19.0 Å². The van der Waals surface area contributed by atoms with E-state index in [1.165, 1.54) is 11.8 Å². The normalized spacial score (nSPS) is 22.5. The molecule has 1 aliphatic carbocycles. The molecule has 1 heterocycles. The minimum absolute atomic E-state index is 0.0376. The Hall–Kier alpha value is -2.36. The fourth-order valence-corrected chi connectivity index (χ4v) is 5.74. The molecule has 1 amide bonds. The van der Waals surface area contributed by atoms with Crippen LogP contribution in [0.15, 0.2) is 48.5 Å². The summed E-state index contributed by atoms with van der Waals surface area (Å²) >= 11 is 0. The smallest absolute Gasteiger partial charge is 0.254 e. The molecule has 0 bridgehead atoms. The highest BCUT2D eigenvalue weighted by atomic mass is 32.2. The predicted octanol–water partition coefficient (Wildman–Crippen LogP) is 2.66. The Morgan fingerprint density at radius 2 is 1.91 bits per heavy atom. The van der Waals surface area contributed by atoms with E-state index in [0.717, 1.165) is 0 Å². The van der Waals surface area contributed by atoms with Gasteiger partial charge in [-0.2, -0.15) is 0 Å². The average molecular weight is 479 g/mol.